The first-order valence-corrected chi connectivity index (χ1v) is 10.3. The summed E-state index contributed by atoms with van der Waals surface area (Å²) >= 11 is 1.05. The number of esters is 1. The van der Waals surface area contributed by atoms with E-state index in [1.165, 1.54) is 11.6 Å². The van der Waals surface area contributed by atoms with Crippen molar-refractivity contribution in [2.75, 3.05) is 13.1 Å². The molecule has 0 aromatic carbocycles. The summed E-state index contributed by atoms with van der Waals surface area (Å²) in [4.78, 5) is 39.1. The van der Waals surface area contributed by atoms with Gasteiger partial charge < -0.3 is 9.57 Å². The predicted molar refractivity (Wildman–Crippen MR) is 106 cm³/mol. The third kappa shape index (κ3) is 8.37. The molecule has 1 aliphatic rings. The van der Waals surface area contributed by atoms with Crippen LogP contribution in [-0.2, 0) is 30.5 Å². The number of hydrogen-bond acceptors (Lipinski definition) is 8. The van der Waals surface area contributed by atoms with Crippen LogP contribution in [0, 0.1) is 0 Å². The number of hydrogen-bond donors (Lipinski definition) is 0. The molecule has 0 amide bonds. The van der Waals surface area contributed by atoms with E-state index < -0.39 is 23.7 Å². The van der Waals surface area contributed by atoms with Crippen molar-refractivity contribution in [1.29, 1.82) is 0 Å². The zero-order valence-corrected chi connectivity index (χ0v) is 18.4. The van der Waals surface area contributed by atoms with Crippen LogP contribution in [0.4, 0.5) is 13.2 Å². The average molecular weight is 463 g/mol. The van der Waals surface area contributed by atoms with Crippen LogP contribution in [0.1, 0.15) is 39.8 Å². The van der Waals surface area contributed by atoms with Gasteiger partial charge in [-0.05, 0) is 44.9 Å². The molecule has 0 spiro atoms. The Morgan fingerprint density at radius 3 is 2.55 bits per heavy atom. The molecule has 1 saturated heterocycles. The van der Waals surface area contributed by atoms with Crippen molar-refractivity contribution in [3.63, 3.8) is 0 Å². The van der Waals surface area contributed by atoms with Crippen molar-refractivity contribution in [3.8, 4) is 0 Å². The number of hydroxylamine groups is 2. The van der Waals surface area contributed by atoms with Crippen LogP contribution in [0.2, 0.25) is 0 Å². The highest BCUT2D eigenvalue weighted by Gasteiger charge is 2.43. The second-order valence-electron chi connectivity index (χ2n) is 7.87. The van der Waals surface area contributed by atoms with Gasteiger partial charge in [0.05, 0.1) is 12.2 Å². The molecule has 2 rings (SSSR count). The molecule has 172 valence electrons. The topological polar surface area (TPSA) is 90.7 Å². The number of piperidine rings is 1. The number of thioether (sulfide) groups is 1. The second kappa shape index (κ2) is 9.86. The molecule has 12 heteroatoms. The van der Waals surface area contributed by atoms with E-state index in [0.717, 1.165) is 16.8 Å². The van der Waals surface area contributed by atoms with Crippen molar-refractivity contribution in [2.24, 2.45) is 0 Å². The van der Waals surface area contributed by atoms with E-state index in [2.05, 4.69) is 9.94 Å². The Kier molecular flexibility index (Phi) is 7.93. The number of halogens is 3. The van der Waals surface area contributed by atoms with Crippen LogP contribution in [0.25, 0.3) is 6.08 Å². The number of carbonyl (C=O) groups is 3. The van der Waals surface area contributed by atoms with E-state index in [4.69, 9.17) is 4.74 Å². The highest BCUT2D eigenvalue weighted by molar-refractivity contribution is 8.14. The van der Waals surface area contributed by atoms with E-state index in [1.807, 2.05) is 0 Å². The van der Waals surface area contributed by atoms with Gasteiger partial charge in [-0.25, -0.2) is 4.79 Å². The summed E-state index contributed by atoms with van der Waals surface area (Å²) in [5.41, 5.74) is 0.381. The first-order valence-electron chi connectivity index (χ1n) is 9.40. The third-order valence-corrected chi connectivity index (χ3v) is 5.03. The molecule has 8 nitrogen and oxygen atoms in total. The summed E-state index contributed by atoms with van der Waals surface area (Å²) in [7, 11) is 0. The Hall–Kier alpha value is -2.34. The molecule has 0 radical (unpaired) electrons. The molecule has 0 saturated carbocycles. The number of alkyl halides is 3. The summed E-state index contributed by atoms with van der Waals surface area (Å²) < 4.78 is 44.1. The van der Waals surface area contributed by atoms with Gasteiger partial charge in [-0.1, -0.05) is 11.8 Å². The molecule has 0 aliphatic carbocycles. The molecule has 0 N–H and O–H groups in total. The van der Waals surface area contributed by atoms with E-state index in [9.17, 15) is 27.6 Å². The molecule has 2 heterocycles. The van der Waals surface area contributed by atoms with Crippen LogP contribution < -0.4 is 0 Å². The lowest BCUT2D eigenvalue weighted by Crippen LogP contribution is -2.41. The molecule has 1 aromatic heterocycles. The first-order chi connectivity index (χ1) is 14.2. The van der Waals surface area contributed by atoms with Crippen LogP contribution in [-0.4, -0.2) is 62.0 Å². The minimum Gasteiger partial charge on any atom is -0.459 e. The highest BCUT2D eigenvalue weighted by Crippen LogP contribution is 2.30. The van der Waals surface area contributed by atoms with E-state index >= 15 is 0 Å². The summed E-state index contributed by atoms with van der Waals surface area (Å²) in [5, 5.41) is 4.72. The van der Waals surface area contributed by atoms with Crippen molar-refractivity contribution >= 4 is 34.9 Å². The molecule has 1 aromatic rings. The fourth-order valence-electron chi connectivity index (χ4n) is 2.79. The van der Waals surface area contributed by atoms with Gasteiger partial charge >= 0.3 is 18.1 Å². The van der Waals surface area contributed by atoms with Crippen molar-refractivity contribution < 1.29 is 37.1 Å². The number of carbonyl (C=O) groups excluding carboxylic acids is 3. The monoisotopic (exact) mass is 463 g/mol. The first kappa shape index (κ1) is 24.9. The standard InChI is InChI=1S/C19H24F3N3O5S/c1-12(26)31-15-6-8-25(30-17(28)19(20,21)22)10-13(15)9-14-5-7-24(23-14)11-16(27)29-18(2,3)4/h5,7,9,15H,6,8,10-11H2,1-4H3/b13-9+. The Labute approximate surface area is 181 Å². The molecular weight excluding hydrogens is 439 g/mol. The number of aromatic nitrogens is 2. The zero-order valence-electron chi connectivity index (χ0n) is 17.6. The van der Waals surface area contributed by atoms with Gasteiger partial charge in [0, 0.05) is 24.9 Å². The molecule has 1 aliphatic heterocycles. The maximum absolute atomic E-state index is 12.5. The van der Waals surface area contributed by atoms with Gasteiger partial charge in [-0.3, -0.25) is 14.3 Å². The van der Waals surface area contributed by atoms with Gasteiger partial charge in [0.25, 0.3) is 0 Å². The fraction of sp³-hybridized carbons (Fsp3) is 0.579. The fourth-order valence-corrected chi connectivity index (χ4v) is 3.71. The minimum absolute atomic E-state index is 0.0528. The number of rotatable bonds is 5. The third-order valence-electron chi connectivity index (χ3n) is 3.87. The van der Waals surface area contributed by atoms with E-state index in [-0.39, 0.29) is 30.0 Å². The second-order valence-corrected chi connectivity index (χ2v) is 9.25. The Morgan fingerprint density at radius 2 is 1.97 bits per heavy atom. The Bertz CT molecular complexity index is 861. The smallest absolute Gasteiger partial charge is 0.459 e. The lowest BCUT2D eigenvalue weighted by molar-refractivity contribution is -0.238. The Balaban J connectivity index is 2.14. The highest BCUT2D eigenvalue weighted by atomic mass is 32.2. The van der Waals surface area contributed by atoms with Gasteiger partial charge in [0.15, 0.2) is 5.12 Å². The minimum atomic E-state index is -5.10. The van der Waals surface area contributed by atoms with Crippen LogP contribution in [0.5, 0.6) is 0 Å². The predicted octanol–water partition coefficient (Wildman–Crippen LogP) is 2.98. The van der Waals surface area contributed by atoms with Gasteiger partial charge in [0.2, 0.25) is 0 Å². The van der Waals surface area contributed by atoms with Gasteiger partial charge in [-0.15, -0.1) is 5.06 Å². The summed E-state index contributed by atoms with van der Waals surface area (Å²) in [6.45, 7) is 6.48. The maximum Gasteiger partial charge on any atom is 0.492 e. The van der Waals surface area contributed by atoms with Crippen molar-refractivity contribution in [2.45, 2.75) is 57.7 Å². The molecule has 31 heavy (non-hydrogen) atoms. The van der Waals surface area contributed by atoms with Gasteiger partial charge in [-0.2, -0.15) is 18.3 Å². The summed E-state index contributed by atoms with van der Waals surface area (Å²) in [6, 6.07) is 1.62. The summed E-state index contributed by atoms with van der Waals surface area (Å²) in [5.74, 6) is -2.77. The van der Waals surface area contributed by atoms with Crippen molar-refractivity contribution in [1.82, 2.24) is 14.8 Å². The van der Waals surface area contributed by atoms with Crippen molar-refractivity contribution in [3.05, 3.63) is 23.5 Å². The number of ether oxygens (including phenoxy) is 1. The SMILES string of the molecule is CC(=O)SC1CCN(OC(=O)C(F)(F)F)C/C1=C\c1ccn(CC(=O)OC(C)(C)C)n1. The normalized spacial score (nSPS) is 19.3. The molecular formula is C19H24F3N3O5S. The number of nitrogens with zero attached hydrogens (tertiary/aromatic N) is 3. The van der Waals surface area contributed by atoms with E-state index in [1.54, 1.807) is 39.1 Å². The molecule has 1 atom stereocenters. The Morgan fingerprint density at radius 1 is 1.29 bits per heavy atom. The summed E-state index contributed by atoms with van der Waals surface area (Å²) in [6.07, 6.45) is -1.62. The van der Waals surface area contributed by atoms with Crippen LogP contribution in [0.3, 0.4) is 0 Å². The molecule has 1 unspecified atom stereocenters. The zero-order chi connectivity index (χ0) is 23.4. The maximum atomic E-state index is 12.5. The quantitative estimate of drug-likeness (QED) is 0.616. The van der Waals surface area contributed by atoms with Crippen LogP contribution in [0.15, 0.2) is 17.8 Å². The van der Waals surface area contributed by atoms with Crippen LogP contribution >= 0.6 is 11.8 Å². The van der Waals surface area contributed by atoms with Gasteiger partial charge in [0.1, 0.15) is 12.1 Å². The molecule has 1 fully saturated rings. The average Bonchev–Trinajstić information content (AvgIpc) is 3.01. The van der Waals surface area contributed by atoms with E-state index in [0.29, 0.717) is 17.7 Å². The lowest BCUT2D eigenvalue weighted by atomic mass is 10.0. The lowest BCUT2D eigenvalue weighted by Gasteiger charge is -2.32. The molecule has 0 bridgehead atoms. The largest absolute Gasteiger partial charge is 0.492 e.